The lowest BCUT2D eigenvalue weighted by atomic mass is 9.98. The maximum Gasteiger partial charge on any atom is 0.342 e. The van der Waals surface area contributed by atoms with E-state index in [-0.39, 0.29) is 36.4 Å². The topological polar surface area (TPSA) is 130 Å². The number of nitrogens with one attached hydrogen (secondary N) is 1. The van der Waals surface area contributed by atoms with Crippen molar-refractivity contribution in [3.63, 3.8) is 0 Å². The van der Waals surface area contributed by atoms with Crippen LogP contribution in [0.2, 0.25) is 0 Å². The number of aromatic nitrogens is 1. The standard InChI is InChI=1S/C21H26N2O5.C7H7F.C2H5NO.CH2F2O/c1-14-8-9-22(17(12-24)13-27-2)21(26)20(14)23-11-16(10-19(23)25)15-4-6-18(28-3)7-5-15;1-6-2-4-7(8)5-3-6;1-3-2-4;2-1(3)4/h4-9,16-17,24H,10-13H2,1-3H3;2-5H,1H3;2H,1H3,(H,3,4);1,4H. The number of carbonyl (C=O) groups is 2. The Balaban J connectivity index is 0.000000494. The summed E-state index contributed by atoms with van der Waals surface area (Å²) >= 11 is 0. The van der Waals surface area contributed by atoms with Crippen LogP contribution in [-0.4, -0.2) is 74.7 Å². The van der Waals surface area contributed by atoms with E-state index in [1.54, 1.807) is 43.5 Å². The van der Waals surface area contributed by atoms with Crippen LogP contribution < -0.4 is 20.5 Å². The summed E-state index contributed by atoms with van der Waals surface area (Å²) in [6.07, 6.45) is 2.62. The molecule has 0 radical (unpaired) electrons. The molecule has 1 fully saturated rings. The summed E-state index contributed by atoms with van der Waals surface area (Å²) < 4.78 is 43.6. The van der Waals surface area contributed by atoms with E-state index in [1.165, 1.54) is 23.8 Å². The number of amides is 2. The Morgan fingerprint density at radius 2 is 1.61 bits per heavy atom. The van der Waals surface area contributed by atoms with Gasteiger partial charge < -0.3 is 34.5 Å². The molecule has 0 saturated carbocycles. The number of carbonyl (C=O) groups excluding carboxylic acids is 2. The van der Waals surface area contributed by atoms with Crippen molar-refractivity contribution in [1.82, 2.24) is 9.88 Å². The number of aliphatic hydroxyl groups is 2. The number of benzene rings is 2. The summed E-state index contributed by atoms with van der Waals surface area (Å²) in [4.78, 5) is 36.5. The smallest absolute Gasteiger partial charge is 0.342 e. The summed E-state index contributed by atoms with van der Waals surface area (Å²) in [6, 6.07) is 15.4. The van der Waals surface area contributed by atoms with Gasteiger partial charge in [-0.1, -0.05) is 29.8 Å². The second kappa shape index (κ2) is 19.9. The number of alkyl halides is 2. The number of ether oxygens (including phenoxy) is 2. The summed E-state index contributed by atoms with van der Waals surface area (Å²) in [5.74, 6) is 0.528. The van der Waals surface area contributed by atoms with Gasteiger partial charge in [-0.15, -0.1) is 0 Å². The molecule has 0 bridgehead atoms. The van der Waals surface area contributed by atoms with Gasteiger partial charge in [-0.2, -0.15) is 8.78 Å². The average Bonchev–Trinajstić information content (AvgIpc) is 3.39. The number of hydrogen-bond donors (Lipinski definition) is 3. The maximum absolute atomic E-state index is 13.1. The van der Waals surface area contributed by atoms with Crippen LogP contribution in [0.15, 0.2) is 65.6 Å². The van der Waals surface area contributed by atoms with Crippen LogP contribution in [0.3, 0.4) is 0 Å². The molecule has 44 heavy (non-hydrogen) atoms. The van der Waals surface area contributed by atoms with Gasteiger partial charge >= 0.3 is 6.61 Å². The molecule has 3 aromatic rings. The third kappa shape index (κ3) is 12.2. The van der Waals surface area contributed by atoms with E-state index >= 15 is 0 Å². The highest BCUT2D eigenvalue weighted by Gasteiger charge is 2.34. The zero-order valence-corrected chi connectivity index (χ0v) is 25.4. The van der Waals surface area contributed by atoms with E-state index in [1.807, 2.05) is 38.1 Å². The van der Waals surface area contributed by atoms with E-state index < -0.39 is 12.7 Å². The predicted molar refractivity (Wildman–Crippen MR) is 161 cm³/mol. The summed E-state index contributed by atoms with van der Waals surface area (Å²) in [6.45, 7) is 1.01. The minimum absolute atomic E-state index is 0.0125. The van der Waals surface area contributed by atoms with Gasteiger partial charge in [0.25, 0.3) is 5.56 Å². The molecule has 242 valence electrons. The first kappa shape index (κ1) is 37.8. The molecule has 1 aromatic heterocycles. The molecule has 2 unspecified atom stereocenters. The van der Waals surface area contributed by atoms with Gasteiger partial charge in [0.2, 0.25) is 12.3 Å². The molecule has 2 heterocycles. The number of rotatable bonds is 8. The molecule has 2 aromatic carbocycles. The lowest BCUT2D eigenvalue weighted by Gasteiger charge is -2.23. The monoisotopic (exact) mass is 623 g/mol. The van der Waals surface area contributed by atoms with Crippen molar-refractivity contribution >= 4 is 18.0 Å². The second-order valence-electron chi connectivity index (χ2n) is 9.51. The van der Waals surface area contributed by atoms with Gasteiger partial charge in [0.05, 0.1) is 26.4 Å². The van der Waals surface area contributed by atoms with Crippen molar-refractivity contribution < 1.29 is 42.4 Å². The first-order valence-electron chi connectivity index (χ1n) is 13.5. The number of nitrogens with zero attached hydrogens (tertiary/aromatic N) is 2. The first-order chi connectivity index (χ1) is 20.9. The van der Waals surface area contributed by atoms with Gasteiger partial charge in [-0.25, -0.2) is 4.39 Å². The number of halogens is 3. The molecule has 0 spiro atoms. The van der Waals surface area contributed by atoms with Crippen LogP contribution >= 0.6 is 0 Å². The van der Waals surface area contributed by atoms with E-state index in [2.05, 4.69) is 5.32 Å². The Labute approximate surface area is 254 Å². The molecule has 2 amide bonds. The highest BCUT2D eigenvalue weighted by Crippen LogP contribution is 2.32. The van der Waals surface area contributed by atoms with Gasteiger partial charge in [-0.05, 0) is 55.3 Å². The van der Waals surface area contributed by atoms with E-state index in [0.29, 0.717) is 25.1 Å². The predicted octanol–water partition coefficient (Wildman–Crippen LogP) is 3.56. The molecule has 13 heteroatoms. The van der Waals surface area contributed by atoms with Crippen molar-refractivity contribution in [1.29, 1.82) is 0 Å². The fraction of sp³-hybridized carbons (Fsp3) is 0.387. The Morgan fingerprint density at radius 1 is 1.05 bits per heavy atom. The summed E-state index contributed by atoms with van der Waals surface area (Å²) in [5.41, 5.74) is 2.95. The lowest BCUT2D eigenvalue weighted by Crippen LogP contribution is -2.37. The van der Waals surface area contributed by atoms with Crippen LogP contribution in [0, 0.1) is 19.7 Å². The number of aliphatic hydroxyl groups excluding tert-OH is 2. The van der Waals surface area contributed by atoms with Crippen molar-refractivity contribution in [2.24, 2.45) is 0 Å². The zero-order chi connectivity index (χ0) is 33.2. The van der Waals surface area contributed by atoms with Crippen LogP contribution in [0.1, 0.15) is 35.1 Å². The number of hydrogen-bond acceptors (Lipinski definition) is 7. The Hall–Kier alpha value is -4.20. The minimum atomic E-state index is -3.17. The number of pyridine rings is 1. The number of aryl methyl sites for hydroxylation is 2. The van der Waals surface area contributed by atoms with E-state index in [4.69, 9.17) is 19.4 Å². The molecular formula is C31H40F3N3O7. The second-order valence-corrected chi connectivity index (χ2v) is 9.51. The van der Waals surface area contributed by atoms with Crippen LogP contribution in [0.5, 0.6) is 5.75 Å². The normalized spacial score (nSPS) is 14.3. The Bertz CT molecular complexity index is 1310. The van der Waals surface area contributed by atoms with E-state index in [9.17, 15) is 27.9 Å². The van der Waals surface area contributed by atoms with Gasteiger partial charge in [0, 0.05) is 39.2 Å². The molecule has 0 aliphatic carbocycles. The van der Waals surface area contributed by atoms with E-state index in [0.717, 1.165) is 22.4 Å². The quantitative estimate of drug-likeness (QED) is 0.327. The number of anilines is 1. The fourth-order valence-corrected chi connectivity index (χ4v) is 4.22. The van der Waals surface area contributed by atoms with Crippen LogP contribution in [0.4, 0.5) is 18.9 Å². The highest BCUT2D eigenvalue weighted by atomic mass is 19.3. The zero-order valence-electron chi connectivity index (χ0n) is 25.4. The summed E-state index contributed by atoms with van der Waals surface area (Å²) in [7, 11) is 4.70. The van der Waals surface area contributed by atoms with Crippen LogP contribution in [-0.2, 0) is 14.3 Å². The third-order valence-electron chi connectivity index (χ3n) is 6.37. The molecular weight excluding hydrogens is 583 g/mol. The van der Waals surface area contributed by atoms with Crippen molar-refractivity contribution in [2.45, 2.75) is 38.8 Å². The highest BCUT2D eigenvalue weighted by molar-refractivity contribution is 5.97. The first-order valence-corrected chi connectivity index (χ1v) is 13.5. The summed E-state index contributed by atoms with van der Waals surface area (Å²) in [5, 5.41) is 18.6. The molecule has 10 nitrogen and oxygen atoms in total. The third-order valence-corrected chi connectivity index (χ3v) is 6.37. The number of methoxy groups -OCH3 is 2. The van der Waals surface area contributed by atoms with Gasteiger partial charge in [-0.3, -0.25) is 14.4 Å². The van der Waals surface area contributed by atoms with Crippen molar-refractivity contribution in [2.75, 3.05) is 45.9 Å². The molecule has 1 aliphatic rings. The molecule has 4 rings (SSSR count). The molecule has 3 N–H and O–H groups in total. The molecule has 1 saturated heterocycles. The average molecular weight is 624 g/mol. The van der Waals surface area contributed by atoms with Gasteiger partial charge in [0.1, 0.15) is 17.3 Å². The Kier molecular flexibility index (Phi) is 17.1. The maximum atomic E-state index is 13.1. The van der Waals surface area contributed by atoms with Crippen molar-refractivity contribution in [3.05, 3.63) is 93.7 Å². The fourth-order valence-electron chi connectivity index (χ4n) is 4.22. The minimum Gasteiger partial charge on any atom is -0.497 e. The largest absolute Gasteiger partial charge is 0.497 e. The SMILES string of the molecule is CNC=O.COCC(CO)n1ccc(C)c(N2CC(c3ccc(OC)cc3)CC2=O)c1=O.Cc1ccc(F)cc1.OC(F)F. The lowest BCUT2D eigenvalue weighted by molar-refractivity contribution is -0.117. The van der Waals surface area contributed by atoms with Crippen LogP contribution in [0.25, 0.3) is 0 Å². The molecule has 1 aliphatic heterocycles. The van der Waals surface area contributed by atoms with Crippen molar-refractivity contribution in [3.8, 4) is 5.75 Å². The Morgan fingerprint density at radius 3 is 2.07 bits per heavy atom. The van der Waals surface area contributed by atoms with Gasteiger partial charge in [0.15, 0.2) is 0 Å². The molecule has 2 atom stereocenters.